The molecule has 1 aliphatic heterocycles. The van der Waals surface area contributed by atoms with Crippen LogP contribution in [0, 0.1) is 0 Å². The fraction of sp³-hybridized carbons (Fsp3) is 0.125. The summed E-state index contributed by atoms with van der Waals surface area (Å²) in [4.78, 5) is 4.60. The standard InChI is InChI=1S/C16H16N4.ClH/c1-12(19-20-13-7-3-2-4-8-13)11-16-17-14-9-5-6-10-15(14)18-16;/h2-10,20H,11H2,1H3,(H,17,18);1H/b19-12+;. The quantitative estimate of drug-likeness (QED) is 0.459. The highest BCUT2D eigenvalue weighted by Crippen LogP contribution is 2.23. The van der Waals surface area contributed by atoms with E-state index >= 15 is 0 Å². The number of rotatable bonds is 4. The monoisotopic (exact) mass is 300 g/mol. The number of fused-ring (bicyclic) bond motifs is 1. The Kier molecular flexibility index (Phi) is 5.09. The molecule has 3 rings (SSSR count). The van der Waals surface area contributed by atoms with Gasteiger partial charge in [-0.05, 0) is 25.1 Å². The molecule has 0 spiro atoms. The number of amidine groups is 1. The largest absolute Gasteiger partial charge is 1.00 e. The van der Waals surface area contributed by atoms with E-state index in [1.54, 1.807) is 0 Å². The van der Waals surface area contributed by atoms with Crippen LogP contribution in [-0.2, 0) is 0 Å². The lowest BCUT2D eigenvalue weighted by Gasteiger charge is -2.02. The van der Waals surface area contributed by atoms with Gasteiger partial charge in [-0.25, -0.2) is 0 Å². The smallest absolute Gasteiger partial charge is 0.211 e. The topological polar surface area (TPSA) is 53.4 Å². The number of aliphatic imine (C=N–C) groups is 1. The molecule has 0 aliphatic carbocycles. The summed E-state index contributed by atoms with van der Waals surface area (Å²) in [6, 6.07) is 18.1. The van der Waals surface area contributed by atoms with Gasteiger partial charge in [0.1, 0.15) is 5.69 Å². The predicted molar refractivity (Wildman–Crippen MR) is 82.9 cm³/mol. The molecule has 3 N–H and O–H groups in total. The third-order valence-corrected chi connectivity index (χ3v) is 3.11. The number of hydrogen-bond acceptors (Lipinski definition) is 3. The van der Waals surface area contributed by atoms with Crippen LogP contribution < -0.4 is 23.1 Å². The van der Waals surface area contributed by atoms with Gasteiger partial charge in [-0.3, -0.25) is 10.7 Å². The molecule has 2 aromatic carbocycles. The van der Waals surface area contributed by atoms with Crippen molar-refractivity contribution in [2.75, 3.05) is 5.43 Å². The number of nitrogens with zero attached hydrogens (tertiary/aromatic N) is 2. The Balaban J connectivity index is 0.00000161. The average molecular weight is 301 g/mol. The summed E-state index contributed by atoms with van der Waals surface area (Å²) < 4.78 is 0. The molecule has 1 aliphatic rings. The molecule has 5 heteroatoms. The van der Waals surface area contributed by atoms with Crippen LogP contribution in [0.1, 0.15) is 13.3 Å². The van der Waals surface area contributed by atoms with Crippen molar-refractivity contribution in [1.82, 2.24) is 0 Å². The molecule has 0 amide bonds. The van der Waals surface area contributed by atoms with E-state index in [0.29, 0.717) is 0 Å². The second-order valence-electron chi connectivity index (χ2n) is 4.81. The van der Waals surface area contributed by atoms with Gasteiger partial charge in [0.05, 0.1) is 12.1 Å². The van der Waals surface area contributed by atoms with E-state index in [0.717, 1.165) is 29.3 Å². The van der Waals surface area contributed by atoms with E-state index in [1.165, 1.54) is 5.69 Å². The van der Waals surface area contributed by atoms with Gasteiger partial charge in [-0.15, -0.1) is 0 Å². The highest BCUT2D eigenvalue weighted by Gasteiger charge is 2.18. The second kappa shape index (κ2) is 7.02. The van der Waals surface area contributed by atoms with Crippen molar-refractivity contribution in [2.24, 2.45) is 10.1 Å². The molecule has 4 nitrogen and oxygen atoms in total. The van der Waals surface area contributed by atoms with Crippen molar-refractivity contribution >= 4 is 28.6 Å². The number of anilines is 1. The Bertz CT molecular complexity index is 665. The summed E-state index contributed by atoms with van der Waals surface area (Å²) >= 11 is 0. The zero-order chi connectivity index (χ0) is 13.8. The molecule has 0 fully saturated rings. The fourth-order valence-electron chi connectivity index (χ4n) is 2.14. The maximum absolute atomic E-state index is 4.60. The summed E-state index contributed by atoms with van der Waals surface area (Å²) in [7, 11) is 0. The maximum Gasteiger partial charge on any atom is 0.211 e. The van der Waals surface area contributed by atoms with Crippen LogP contribution in [0.15, 0.2) is 64.7 Å². The van der Waals surface area contributed by atoms with Gasteiger partial charge >= 0.3 is 0 Å². The van der Waals surface area contributed by atoms with Crippen molar-refractivity contribution in [2.45, 2.75) is 13.3 Å². The molecular weight excluding hydrogens is 284 g/mol. The highest BCUT2D eigenvalue weighted by atomic mass is 35.5. The highest BCUT2D eigenvalue weighted by molar-refractivity contribution is 6.01. The zero-order valence-corrected chi connectivity index (χ0v) is 12.5. The first kappa shape index (κ1) is 15.2. The summed E-state index contributed by atoms with van der Waals surface area (Å²) in [6.07, 6.45) is 0.758. The van der Waals surface area contributed by atoms with Crippen LogP contribution in [0.5, 0.6) is 0 Å². The lowest BCUT2D eigenvalue weighted by molar-refractivity contribution is -0.440. The Morgan fingerprint density at radius 1 is 1.10 bits per heavy atom. The molecule has 0 atom stereocenters. The summed E-state index contributed by atoms with van der Waals surface area (Å²) in [5, 5.41) is 6.51. The summed E-state index contributed by atoms with van der Waals surface area (Å²) in [5.74, 6) is 1.06. The zero-order valence-electron chi connectivity index (χ0n) is 11.8. The van der Waals surface area contributed by atoms with Crippen LogP contribution in [-0.4, -0.2) is 11.5 Å². The number of halogens is 1. The Labute approximate surface area is 130 Å². The minimum absolute atomic E-state index is 0. The van der Waals surface area contributed by atoms with Crippen LogP contribution in [0.2, 0.25) is 0 Å². The van der Waals surface area contributed by atoms with E-state index in [-0.39, 0.29) is 12.4 Å². The van der Waals surface area contributed by atoms with Crippen molar-refractivity contribution in [3.05, 3.63) is 54.6 Å². The van der Waals surface area contributed by atoms with Gasteiger partial charge in [0.15, 0.2) is 5.69 Å². The average Bonchev–Trinajstić information content (AvgIpc) is 2.88. The number of nitrogens with one attached hydrogen (secondary N) is 1. The SMILES string of the molecule is C/C(CC1=Nc2ccccc2[NH2+]1)=N\Nc1ccccc1.[Cl-]. The van der Waals surface area contributed by atoms with Crippen LogP contribution >= 0.6 is 0 Å². The second-order valence-corrected chi connectivity index (χ2v) is 4.81. The van der Waals surface area contributed by atoms with E-state index in [9.17, 15) is 0 Å². The third-order valence-electron chi connectivity index (χ3n) is 3.11. The first-order valence-corrected chi connectivity index (χ1v) is 6.67. The fourth-order valence-corrected chi connectivity index (χ4v) is 2.14. The van der Waals surface area contributed by atoms with E-state index < -0.39 is 0 Å². The summed E-state index contributed by atoms with van der Waals surface area (Å²) in [5.41, 5.74) is 7.30. The van der Waals surface area contributed by atoms with Gasteiger partial charge in [-0.1, -0.05) is 30.3 Å². The van der Waals surface area contributed by atoms with Gasteiger partial charge in [0.2, 0.25) is 5.84 Å². The maximum atomic E-state index is 4.60. The minimum atomic E-state index is 0. The molecule has 21 heavy (non-hydrogen) atoms. The van der Waals surface area contributed by atoms with Crippen molar-refractivity contribution in [1.29, 1.82) is 0 Å². The number of quaternary nitrogens is 1. The van der Waals surface area contributed by atoms with Gasteiger partial charge in [0, 0.05) is 11.8 Å². The van der Waals surface area contributed by atoms with Gasteiger partial charge < -0.3 is 12.4 Å². The number of benzene rings is 2. The molecule has 0 saturated carbocycles. The molecule has 0 bridgehead atoms. The number of hydrazone groups is 1. The van der Waals surface area contributed by atoms with Crippen molar-refractivity contribution in [3.8, 4) is 0 Å². The minimum Gasteiger partial charge on any atom is -1.00 e. The van der Waals surface area contributed by atoms with Crippen LogP contribution in [0.4, 0.5) is 17.1 Å². The van der Waals surface area contributed by atoms with Crippen molar-refractivity contribution in [3.63, 3.8) is 0 Å². The first-order valence-electron chi connectivity index (χ1n) is 6.67. The van der Waals surface area contributed by atoms with Crippen molar-refractivity contribution < 1.29 is 17.7 Å². The molecule has 108 valence electrons. The molecular formula is C16H17ClN4. The van der Waals surface area contributed by atoms with Crippen LogP contribution in [0.25, 0.3) is 0 Å². The van der Waals surface area contributed by atoms with E-state index in [1.807, 2.05) is 55.5 Å². The van der Waals surface area contributed by atoms with Gasteiger partial charge in [0.25, 0.3) is 0 Å². The number of nitrogens with two attached hydrogens (primary N) is 1. The summed E-state index contributed by atoms with van der Waals surface area (Å²) in [6.45, 7) is 2.01. The molecule has 0 unspecified atom stereocenters. The van der Waals surface area contributed by atoms with Gasteiger partial charge in [-0.2, -0.15) is 10.1 Å². The Morgan fingerprint density at radius 2 is 1.81 bits per heavy atom. The Morgan fingerprint density at radius 3 is 2.57 bits per heavy atom. The predicted octanol–water partition coefficient (Wildman–Crippen LogP) is -0.193. The molecule has 0 aromatic heterocycles. The lowest BCUT2D eigenvalue weighted by Crippen LogP contribution is -3.00. The number of hydrogen-bond donors (Lipinski definition) is 2. The molecule has 1 heterocycles. The molecule has 0 radical (unpaired) electrons. The molecule has 2 aromatic rings. The number of para-hydroxylation sites is 3. The molecule has 0 saturated heterocycles. The van der Waals surface area contributed by atoms with E-state index in [4.69, 9.17) is 0 Å². The first-order chi connectivity index (χ1) is 9.81. The third kappa shape index (κ3) is 3.90. The van der Waals surface area contributed by atoms with E-state index in [2.05, 4.69) is 26.9 Å². The Hall–Kier alpha value is -2.17. The normalized spacial score (nSPS) is 13.2. The van der Waals surface area contributed by atoms with Crippen LogP contribution in [0.3, 0.4) is 0 Å². The lowest BCUT2D eigenvalue weighted by atomic mass is 10.2.